The van der Waals surface area contributed by atoms with E-state index in [1.165, 1.54) is 18.5 Å². The number of hydrogen-bond acceptors (Lipinski definition) is 4. The molecule has 1 heterocycles. The highest BCUT2D eigenvalue weighted by atomic mass is 16.5. The first-order valence-electron chi connectivity index (χ1n) is 6.12. The van der Waals surface area contributed by atoms with Gasteiger partial charge in [-0.15, -0.1) is 0 Å². The number of benzene rings is 1. The lowest BCUT2D eigenvalue weighted by atomic mass is 10.2. The van der Waals surface area contributed by atoms with Crippen LogP contribution < -0.4 is 21.2 Å². The molecule has 0 atom stereocenters. The molecule has 0 aliphatic rings. The van der Waals surface area contributed by atoms with Crippen molar-refractivity contribution in [3.05, 3.63) is 58.5 Å². The topological polar surface area (TPSA) is 97.2 Å². The second kappa shape index (κ2) is 6.53. The third-order valence-electron chi connectivity index (χ3n) is 2.57. The molecule has 104 valence electrons. The van der Waals surface area contributed by atoms with Gasteiger partial charge in [-0.3, -0.25) is 9.59 Å². The maximum atomic E-state index is 11.9. The molecule has 4 N–H and O–H groups in total. The van der Waals surface area contributed by atoms with E-state index in [2.05, 4.69) is 10.3 Å². The fourth-order valence-electron chi connectivity index (χ4n) is 1.60. The summed E-state index contributed by atoms with van der Waals surface area (Å²) in [6, 6.07) is 8.14. The Kier molecular flexibility index (Phi) is 4.52. The van der Waals surface area contributed by atoms with Crippen molar-refractivity contribution in [1.82, 2.24) is 4.98 Å². The quantitative estimate of drug-likeness (QED) is 0.756. The smallest absolute Gasteiger partial charge is 0.261 e. The largest absolute Gasteiger partial charge is 0.492 e. The number of aromatic amines is 1. The van der Waals surface area contributed by atoms with Gasteiger partial charge >= 0.3 is 0 Å². The van der Waals surface area contributed by atoms with Crippen molar-refractivity contribution in [2.45, 2.75) is 0 Å². The highest BCUT2D eigenvalue weighted by molar-refractivity contribution is 6.03. The fourth-order valence-corrected chi connectivity index (χ4v) is 1.60. The van der Waals surface area contributed by atoms with Gasteiger partial charge in [0.25, 0.3) is 5.91 Å². The van der Waals surface area contributed by atoms with Gasteiger partial charge in [0.05, 0.1) is 0 Å². The number of nitrogens with two attached hydrogens (primary N) is 1. The number of H-pyrrole nitrogens is 1. The van der Waals surface area contributed by atoms with Crippen LogP contribution in [-0.4, -0.2) is 24.0 Å². The minimum absolute atomic E-state index is 0.0657. The highest BCUT2D eigenvalue weighted by Crippen LogP contribution is 2.15. The van der Waals surface area contributed by atoms with Crippen LogP contribution in [0.5, 0.6) is 5.75 Å². The number of ether oxygens (including phenoxy) is 1. The number of carbonyl (C=O) groups is 1. The number of hydrogen-bond donors (Lipinski definition) is 3. The zero-order chi connectivity index (χ0) is 14.4. The Morgan fingerprint density at radius 2 is 2.00 bits per heavy atom. The lowest BCUT2D eigenvalue weighted by Gasteiger charge is -2.07. The summed E-state index contributed by atoms with van der Waals surface area (Å²) in [5, 5.41) is 2.64. The molecule has 0 saturated carbocycles. The predicted octanol–water partition coefficient (Wildman–Crippen LogP) is 0.965. The number of rotatable bonds is 5. The third-order valence-corrected chi connectivity index (χ3v) is 2.57. The molecule has 2 aromatic rings. The van der Waals surface area contributed by atoms with Crippen LogP contribution in [-0.2, 0) is 0 Å². The van der Waals surface area contributed by atoms with E-state index in [0.717, 1.165) is 0 Å². The van der Waals surface area contributed by atoms with E-state index >= 15 is 0 Å². The summed E-state index contributed by atoms with van der Waals surface area (Å²) in [5.41, 5.74) is 5.65. The molecule has 0 spiro atoms. The molecular formula is C14H15N3O3. The molecule has 0 unspecified atom stereocenters. The number of carbonyl (C=O) groups excluding carboxylic acids is 1. The molecule has 0 fully saturated rings. The minimum Gasteiger partial charge on any atom is -0.492 e. The maximum Gasteiger partial charge on any atom is 0.261 e. The van der Waals surface area contributed by atoms with Crippen molar-refractivity contribution in [2.24, 2.45) is 5.73 Å². The summed E-state index contributed by atoms with van der Waals surface area (Å²) in [5.74, 6) is 0.216. The molecule has 2 rings (SSSR count). The molecule has 0 aliphatic carbocycles. The molecule has 6 heteroatoms. The van der Waals surface area contributed by atoms with Crippen LogP contribution in [0.2, 0.25) is 0 Å². The minimum atomic E-state index is -0.456. The molecule has 0 saturated heterocycles. The number of nitrogens with one attached hydrogen (secondary N) is 2. The van der Waals surface area contributed by atoms with Gasteiger partial charge in [-0.05, 0) is 24.3 Å². The number of aromatic nitrogens is 1. The Hall–Kier alpha value is -2.60. The summed E-state index contributed by atoms with van der Waals surface area (Å²) in [6.07, 6.45) is 2.85. The van der Waals surface area contributed by atoms with Crippen molar-refractivity contribution < 1.29 is 9.53 Å². The SMILES string of the molecule is NCCOc1ccc(NC(=O)c2c[nH]ccc2=O)cc1. The lowest BCUT2D eigenvalue weighted by Crippen LogP contribution is -2.20. The first kappa shape index (κ1) is 13.8. The fraction of sp³-hybridized carbons (Fsp3) is 0.143. The predicted molar refractivity (Wildman–Crippen MR) is 76.0 cm³/mol. The average molecular weight is 273 g/mol. The summed E-state index contributed by atoms with van der Waals surface area (Å²) < 4.78 is 5.33. The normalized spacial score (nSPS) is 10.1. The maximum absolute atomic E-state index is 11.9. The number of anilines is 1. The Balaban J connectivity index is 2.05. The van der Waals surface area contributed by atoms with Gasteiger partial charge < -0.3 is 20.8 Å². The first-order valence-corrected chi connectivity index (χ1v) is 6.12. The monoisotopic (exact) mass is 273 g/mol. The molecule has 0 radical (unpaired) electrons. The second-order valence-electron chi connectivity index (χ2n) is 4.04. The van der Waals surface area contributed by atoms with Crippen molar-refractivity contribution in [2.75, 3.05) is 18.5 Å². The zero-order valence-electron chi connectivity index (χ0n) is 10.8. The van der Waals surface area contributed by atoms with Gasteiger partial charge in [0.15, 0.2) is 5.43 Å². The van der Waals surface area contributed by atoms with E-state index in [1.807, 2.05) is 0 Å². The van der Waals surface area contributed by atoms with Crippen molar-refractivity contribution in [1.29, 1.82) is 0 Å². The lowest BCUT2D eigenvalue weighted by molar-refractivity contribution is 0.102. The standard InChI is InChI=1S/C14H15N3O3/c15-6-8-20-11-3-1-10(2-4-11)17-14(19)12-9-16-7-5-13(12)18/h1-5,7,9H,6,8,15H2,(H,16,18)(H,17,19). The van der Waals surface area contributed by atoms with Gasteiger partial charge in [-0.25, -0.2) is 0 Å². The molecule has 0 bridgehead atoms. The Labute approximate surface area is 115 Å². The number of amides is 1. The summed E-state index contributed by atoms with van der Waals surface area (Å²) >= 11 is 0. The van der Waals surface area contributed by atoms with Crippen molar-refractivity contribution in [3.8, 4) is 5.75 Å². The van der Waals surface area contributed by atoms with Crippen LogP contribution in [0.4, 0.5) is 5.69 Å². The van der Waals surface area contributed by atoms with Crippen LogP contribution in [0.25, 0.3) is 0 Å². The van der Waals surface area contributed by atoms with Gasteiger partial charge in [-0.1, -0.05) is 0 Å². The van der Waals surface area contributed by atoms with Crippen molar-refractivity contribution in [3.63, 3.8) is 0 Å². The Morgan fingerprint density at radius 1 is 1.25 bits per heavy atom. The molecule has 1 aromatic heterocycles. The van der Waals surface area contributed by atoms with Gasteiger partial charge in [0.1, 0.15) is 17.9 Å². The molecule has 0 aliphatic heterocycles. The zero-order valence-corrected chi connectivity index (χ0v) is 10.8. The van der Waals surface area contributed by atoms with Gasteiger partial charge in [-0.2, -0.15) is 0 Å². The van der Waals surface area contributed by atoms with E-state index in [1.54, 1.807) is 24.3 Å². The molecule has 6 nitrogen and oxygen atoms in total. The van der Waals surface area contributed by atoms with Gasteiger partial charge in [0.2, 0.25) is 0 Å². The molecule has 20 heavy (non-hydrogen) atoms. The van der Waals surface area contributed by atoms with Crippen LogP contribution >= 0.6 is 0 Å². The van der Waals surface area contributed by atoms with E-state index in [0.29, 0.717) is 24.6 Å². The van der Waals surface area contributed by atoms with E-state index in [4.69, 9.17) is 10.5 Å². The van der Waals surface area contributed by atoms with Crippen LogP contribution in [0.3, 0.4) is 0 Å². The third kappa shape index (κ3) is 3.46. The van der Waals surface area contributed by atoms with E-state index < -0.39 is 5.91 Å². The summed E-state index contributed by atoms with van der Waals surface area (Å²) in [4.78, 5) is 26.1. The first-order chi connectivity index (χ1) is 9.70. The summed E-state index contributed by atoms with van der Waals surface area (Å²) in [6.45, 7) is 0.875. The Morgan fingerprint density at radius 3 is 2.65 bits per heavy atom. The van der Waals surface area contributed by atoms with Crippen LogP contribution in [0.1, 0.15) is 10.4 Å². The van der Waals surface area contributed by atoms with Crippen molar-refractivity contribution >= 4 is 11.6 Å². The second-order valence-corrected chi connectivity index (χ2v) is 4.04. The molecule has 1 aromatic carbocycles. The van der Waals surface area contributed by atoms with Crippen LogP contribution in [0.15, 0.2) is 47.5 Å². The molecule has 1 amide bonds. The Bertz CT molecular complexity index is 635. The number of pyridine rings is 1. The molecular weight excluding hydrogens is 258 g/mol. The highest BCUT2D eigenvalue weighted by Gasteiger charge is 2.09. The van der Waals surface area contributed by atoms with Gasteiger partial charge in [0, 0.05) is 30.7 Å². The van der Waals surface area contributed by atoms with E-state index in [-0.39, 0.29) is 11.0 Å². The van der Waals surface area contributed by atoms with E-state index in [9.17, 15) is 9.59 Å². The van der Waals surface area contributed by atoms with Crippen LogP contribution in [0, 0.1) is 0 Å². The average Bonchev–Trinajstić information content (AvgIpc) is 2.47. The summed E-state index contributed by atoms with van der Waals surface area (Å²) in [7, 11) is 0.